The third-order valence-electron chi connectivity index (χ3n) is 3.74. The molecule has 1 amide bonds. The van der Waals surface area contributed by atoms with Crippen LogP contribution in [-0.4, -0.2) is 47.9 Å². The van der Waals surface area contributed by atoms with Crippen LogP contribution in [-0.2, 0) is 19.1 Å². The van der Waals surface area contributed by atoms with Crippen molar-refractivity contribution < 1.29 is 32.3 Å². The van der Waals surface area contributed by atoms with Crippen LogP contribution in [0.3, 0.4) is 0 Å². The van der Waals surface area contributed by atoms with Crippen LogP contribution in [0, 0.1) is 0 Å². The molecule has 1 saturated heterocycles. The van der Waals surface area contributed by atoms with E-state index in [4.69, 9.17) is 4.74 Å². The van der Waals surface area contributed by atoms with Crippen LogP contribution < -0.4 is 5.32 Å². The molecule has 146 valence electrons. The number of hydrogen-bond donors (Lipinski definition) is 1. The first kappa shape index (κ1) is 20.9. The van der Waals surface area contributed by atoms with Crippen molar-refractivity contribution in [1.82, 2.24) is 4.90 Å². The highest BCUT2D eigenvalue weighted by atomic mass is 79.9. The second-order valence-corrected chi connectivity index (χ2v) is 6.65. The molecule has 10 heteroatoms. The number of allylic oxidation sites excluding steroid dienone is 1. The lowest BCUT2D eigenvalue weighted by Crippen LogP contribution is -2.35. The van der Waals surface area contributed by atoms with Gasteiger partial charge in [0.05, 0.1) is 0 Å². The maximum Gasteiger partial charge on any atom is 0.454 e. The van der Waals surface area contributed by atoms with Crippen LogP contribution in [0.5, 0.6) is 0 Å². The molecule has 1 fully saturated rings. The normalized spacial score (nSPS) is 17.2. The van der Waals surface area contributed by atoms with Gasteiger partial charge in [0.15, 0.2) is 6.61 Å². The summed E-state index contributed by atoms with van der Waals surface area (Å²) >= 11 is 3.26. The summed E-state index contributed by atoms with van der Waals surface area (Å²) in [7, 11) is 0. The Morgan fingerprint density at radius 3 is 2.56 bits per heavy atom. The van der Waals surface area contributed by atoms with Crippen LogP contribution in [0.2, 0.25) is 0 Å². The Balaban J connectivity index is 1.85. The fourth-order valence-corrected chi connectivity index (χ4v) is 2.71. The number of amides is 1. The van der Waals surface area contributed by atoms with Crippen molar-refractivity contribution in [3.05, 3.63) is 41.0 Å². The highest BCUT2D eigenvalue weighted by molar-refractivity contribution is 9.10. The average Bonchev–Trinajstić information content (AvgIpc) is 3.07. The summed E-state index contributed by atoms with van der Waals surface area (Å²) in [5.74, 6) is -3.28. The van der Waals surface area contributed by atoms with Gasteiger partial charge in [0.1, 0.15) is 6.04 Å². The van der Waals surface area contributed by atoms with E-state index >= 15 is 0 Å². The minimum absolute atomic E-state index is 0.312. The first-order valence-corrected chi connectivity index (χ1v) is 8.73. The Hall–Kier alpha value is -2.36. The fourth-order valence-electron chi connectivity index (χ4n) is 2.44. The molecule has 1 aliphatic rings. The van der Waals surface area contributed by atoms with Crippen molar-refractivity contribution in [3.8, 4) is 0 Å². The van der Waals surface area contributed by atoms with Crippen LogP contribution in [0.1, 0.15) is 12.8 Å². The number of nitrogens with one attached hydrogen (secondary N) is 1. The number of ketones is 1. The van der Waals surface area contributed by atoms with Crippen molar-refractivity contribution in [2.24, 2.45) is 0 Å². The lowest BCUT2D eigenvalue weighted by molar-refractivity contribution is -0.165. The Bertz CT molecular complexity index is 735. The molecule has 0 bridgehead atoms. The zero-order valence-corrected chi connectivity index (χ0v) is 15.5. The molecule has 0 aliphatic carbocycles. The molecule has 27 heavy (non-hydrogen) atoms. The van der Waals surface area contributed by atoms with Crippen molar-refractivity contribution in [2.45, 2.75) is 25.1 Å². The van der Waals surface area contributed by atoms with Crippen molar-refractivity contribution in [3.63, 3.8) is 0 Å². The van der Waals surface area contributed by atoms with Gasteiger partial charge in [0.2, 0.25) is 0 Å². The summed E-state index contributed by atoms with van der Waals surface area (Å²) in [6.07, 6.45) is -2.73. The van der Waals surface area contributed by atoms with Crippen molar-refractivity contribution in [2.75, 3.05) is 18.5 Å². The van der Waals surface area contributed by atoms with E-state index in [0.29, 0.717) is 31.1 Å². The summed E-state index contributed by atoms with van der Waals surface area (Å²) < 4.78 is 42.5. The molecule has 0 aromatic heterocycles. The van der Waals surface area contributed by atoms with Crippen LogP contribution in [0.25, 0.3) is 0 Å². The number of anilines is 1. The number of esters is 1. The third kappa shape index (κ3) is 6.38. The minimum Gasteiger partial charge on any atom is -0.454 e. The predicted octanol–water partition coefficient (Wildman–Crippen LogP) is 3.04. The number of carbonyl (C=O) groups excluding carboxylic acids is 3. The van der Waals surface area contributed by atoms with E-state index in [1.54, 1.807) is 24.3 Å². The standard InChI is InChI=1S/C17H16BrF3N2O4/c18-11-3-5-12(6-4-11)22-15(25)10-27-16(26)13-2-1-8-23(13)9-7-14(24)17(19,20)21/h3-7,9,13H,1-2,8,10H2,(H,22,25)/t13-/m0/s1. The van der Waals surface area contributed by atoms with Crippen LogP contribution in [0.15, 0.2) is 41.0 Å². The quantitative estimate of drug-likeness (QED) is 0.534. The Labute approximate surface area is 161 Å². The summed E-state index contributed by atoms with van der Waals surface area (Å²) in [5.41, 5.74) is 0.523. The summed E-state index contributed by atoms with van der Waals surface area (Å²) in [4.78, 5) is 36.1. The highest BCUT2D eigenvalue weighted by Crippen LogP contribution is 2.21. The smallest absolute Gasteiger partial charge is 0.454 e. The summed E-state index contributed by atoms with van der Waals surface area (Å²) in [6, 6.07) is 5.94. The van der Waals surface area contributed by atoms with Gasteiger partial charge in [-0.2, -0.15) is 13.2 Å². The fraction of sp³-hybridized carbons (Fsp3) is 0.353. The molecule has 0 saturated carbocycles. The van der Waals surface area contributed by atoms with Crippen molar-refractivity contribution >= 4 is 39.3 Å². The molecule has 0 spiro atoms. The van der Waals surface area contributed by atoms with Gasteiger partial charge in [-0.15, -0.1) is 0 Å². The number of alkyl halides is 3. The van der Waals surface area contributed by atoms with Gasteiger partial charge >= 0.3 is 12.1 Å². The van der Waals surface area contributed by atoms with E-state index in [-0.39, 0.29) is 0 Å². The van der Waals surface area contributed by atoms with Gasteiger partial charge < -0.3 is 15.0 Å². The Morgan fingerprint density at radius 2 is 1.93 bits per heavy atom. The largest absolute Gasteiger partial charge is 0.454 e. The van der Waals surface area contributed by atoms with Crippen LogP contribution >= 0.6 is 15.9 Å². The topological polar surface area (TPSA) is 75.7 Å². The molecule has 1 atom stereocenters. The molecule has 1 aromatic carbocycles. The maximum atomic E-state index is 12.2. The summed E-state index contributed by atoms with van der Waals surface area (Å²) in [6.45, 7) is -0.211. The van der Waals surface area contributed by atoms with E-state index in [1.807, 2.05) is 0 Å². The maximum absolute atomic E-state index is 12.2. The lowest BCUT2D eigenvalue weighted by atomic mass is 10.2. The number of likely N-dealkylation sites (tertiary alicyclic amines) is 1. The van der Waals surface area contributed by atoms with E-state index < -0.39 is 36.5 Å². The molecular formula is C17H16BrF3N2O4. The predicted molar refractivity (Wildman–Crippen MR) is 93.7 cm³/mol. The van der Waals surface area contributed by atoms with Gasteiger partial charge in [0.25, 0.3) is 11.7 Å². The first-order chi connectivity index (χ1) is 12.7. The van der Waals surface area contributed by atoms with Gasteiger partial charge in [0, 0.05) is 29.0 Å². The van der Waals surface area contributed by atoms with Gasteiger partial charge in [-0.05, 0) is 37.1 Å². The minimum atomic E-state index is -4.96. The third-order valence-corrected chi connectivity index (χ3v) is 4.27. The SMILES string of the molecule is O=C(COC(=O)[C@@H]1CCCN1C=CC(=O)C(F)(F)F)Nc1ccc(Br)cc1. The zero-order valence-electron chi connectivity index (χ0n) is 14.0. The molecule has 1 heterocycles. The lowest BCUT2D eigenvalue weighted by Gasteiger charge is -2.21. The molecule has 0 unspecified atom stereocenters. The number of halogens is 4. The highest BCUT2D eigenvalue weighted by Gasteiger charge is 2.37. The molecule has 6 nitrogen and oxygen atoms in total. The zero-order chi connectivity index (χ0) is 20.0. The van der Waals surface area contributed by atoms with Crippen molar-refractivity contribution in [1.29, 1.82) is 0 Å². The van der Waals surface area contributed by atoms with Crippen LogP contribution in [0.4, 0.5) is 18.9 Å². The number of nitrogens with zero attached hydrogens (tertiary/aromatic N) is 1. The number of ether oxygens (including phenoxy) is 1. The number of benzene rings is 1. The molecule has 2 rings (SSSR count). The van der Waals surface area contributed by atoms with E-state index in [1.165, 1.54) is 4.90 Å². The second kappa shape index (κ2) is 9.03. The van der Waals surface area contributed by atoms with Gasteiger partial charge in [-0.25, -0.2) is 4.79 Å². The Morgan fingerprint density at radius 1 is 1.26 bits per heavy atom. The molecule has 1 aliphatic heterocycles. The monoisotopic (exact) mass is 448 g/mol. The molecular weight excluding hydrogens is 433 g/mol. The Kier molecular flexibility index (Phi) is 7.00. The second-order valence-electron chi connectivity index (χ2n) is 5.74. The summed E-state index contributed by atoms with van der Waals surface area (Å²) in [5, 5.41) is 2.55. The van der Waals surface area contributed by atoms with Gasteiger partial charge in [-0.3, -0.25) is 9.59 Å². The molecule has 1 N–H and O–H groups in total. The number of hydrogen-bond acceptors (Lipinski definition) is 5. The average molecular weight is 449 g/mol. The van der Waals surface area contributed by atoms with E-state index in [0.717, 1.165) is 10.7 Å². The number of rotatable bonds is 6. The number of carbonyl (C=O) groups is 3. The molecule has 1 aromatic rings. The van der Waals surface area contributed by atoms with E-state index in [2.05, 4.69) is 21.2 Å². The first-order valence-electron chi connectivity index (χ1n) is 7.94. The molecule has 0 radical (unpaired) electrons. The van der Waals surface area contributed by atoms with E-state index in [9.17, 15) is 27.6 Å². The van der Waals surface area contributed by atoms with Gasteiger partial charge in [-0.1, -0.05) is 15.9 Å².